The van der Waals surface area contributed by atoms with Gasteiger partial charge in [0.15, 0.2) is 24.5 Å². The van der Waals surface area contributed by atoms with E-state index in [1.54, 1.807) is 23.6 Å². The molecule has 0 aliphatic carbocycles. The predicted octanol–water partition coefficient (Wildman–Crippen LogP) is 5.81. The maximum absolute atomic E-state index is 15.9. The van der Waals surface area contributed by atoms with Crippen LogP contribution in [-0.2, 0) is 55.8 Å². The molecule has 3 fully saturated rings. The molecule has 15 nitrogen and oxygen atoms in total. The van der Waals surface area contributed by atoms with Gasteiger partial charge in [0.2, 0.25) is 11.8 Å². The minimum Gasteiger partial charge on any atom is -0.456 e. The first-order valence-corrected chi connectivity index (χ1v) is 22.7. The second-order valence-electron chi connectivity index (χ2n) is 18.6. The number of aromatic amines is 1. The molecule has 0 bridgehead atoms. The molecule has 17 heteroatoms. The Labute approximate surface area is 377 Å². The van der Waals surface area contributed by atoms with Crippen LogP contribution < -0.4 is 11.5 Å². The van der Waals surface area contributed by atoms with Crippen molar-refractivity contribution in [3.05, 3.63) is 59.2 Å². The van der Waals surface area contributed by atoms with Crippen LogP contribution in [0, 0.1) is 23.5 Å². The van der Waals surface area contributed by atoms with Gasteiger partial charge in [0, 0.05) is 62.2 Å². The molecule has 5 N–H and O–H groups in total. The number of carbonyl (C=O) groups is 5. The molecule has 5 heterocycles. The lowest BCUT2D eigenvalue weighted by molar-refractivity contribution is -0.258. The number of hydrogen-bond acceptors (Lipinski definition) is 11. The van der Waals surface area contributed by atoms with Gasteiger partial charge in [0.1, 0.15) is 11.6 Å². The molecule has 2 aromatic carbocycles. The number of aromatic nitrogens is 2. The lowest BCUT2D eigenvalue weighted by Crippen LogP contribution is -2.58. The minimum absolute atomic E-state index is 0.106. The fourth-order valence-corrected chi connectivity index (χ4v) is 10.0. The third-order valence-electron chi connectivity index (χ3n) is 13.3. The SMILES string of the molecule is CC(=O)O[C@@H]1[C@H](OC(C)=O)[C@H](C)O[C@H](n2c(-c3[nH]c4cc(F)ccc4c3CC3CCCN3C(=O)[C@@H](N)C(C)C)c(C[C@@H]3CCCN3C(=O)[C@@H](N)C(C)C)c3ccc(F)cc32)[C@H]1OC(C)=O. The van der Waals surface area contributed by atoms with E-state index in [4.69, 9.17) is 30.4 Å². The smallest absolute Gasteiger partial charge is 0.303 e. The molecule has 0 saturated carbocycles. The summed E-state index contributed by atoms with van der Waals surface area (Å²) in [5, 5.41) is 1.25. The number of hydrogen-bond donors (Lipinski definition) is 3. The molecule has 2 aromatic heterocycles. The van der Waals surface area contributed by atoms with Crippen LogP contribution in [0.25, 0.3) is 33.2 Å². The zero-order valence-corrected chi connectivity index (χ0v) is 38.4. The molecule has 7 rings (SSSR count). The van der Waals surface area contributed by atoms with Crippen molar-refractivity contribution in [3.63, 3.8) is 0 Å². The van der Waals surface area contributed by atoms with Crippen molar-refractivity contribution < 1.29 is 51.7 Å². The number of halogens is 2. The summed E-state index contributed by atoms with van der Waals surface area (Å²) in [4.78, 5) is 73.5. The Morgan fingerprint density at radius 1 is 0.723 bits per heavy atom. The van der Waals surface area contributed by atoms with Crippen LogP contribution in [-0.4, -0.2) is 111 Å². The average molecular weight is 905 g/mol. The third kappa shape index (κ3) is 9.50. The number of fused-ring (bicyclic) bond motifs is 2. The molecule has 3 aliphatic heterocycles. The van der Waals surface area contributed by atoms with E-state index in [0.717, 1.165) is 12.0 Å². The molecule has 3 aliphatic rings. The molecule has 65 heavy (non-hydrogen) atoms. The summed E-state index contributed by atoms with van der Waals surface area (Å²) in [6.45, 7) is 13.7. The zero-order chi connectivity index (χ0) is 47.2. The van der Waals surface area contributed by atoms with Gasteiger partial charge in [0.05, 0.1) is 35.1 Å². The Kier molecular flexibility index (Phi) is 14.1. The van der Waals surface area contributed by atoms with Crippen molar-refractivity contribution in [1.29, 1.82) is 0 Å². The normalized spacial score (nSPS) is 24.6. The van der Waals surface area contributed by atoms with Gasteiger partial charge in [-0.2, -0.15) is 0 Å². The summed E-state index contributed by atoms with van der Waals surface area (Å²) in [6.07, 6.45) is -3.12. The number of nitrogens with two attached hydrogens (primary N) is 2. The zero-order valence-electron chi connectivity index (χ0n) is 38.4. The summed E-state index contributed by atoms with van der Waals surface area (Å²) in [5.74, 6) is -3.90. The lowest BCUT2D eigenvalue weighted by atomic mass is 9.94. The Bertz CT molecular complexity index is 2470. The van der Waals surface area contributed by atoms with Crippen molar-refractivity contribution >= 4 is 51.5 Å². The van der Waals surface area contributed by atoms with Gasteiger partial charge in [-0.15, -0.1) is 0 Å². The fourth-order valence-electron chi connectivity index (χ4n) is 10.0. The maximum Gasteiger partial charge on any atom is 0.303 e. The van der Waals surface area contributed by atoms with Crippen molar-refractivity contribution in [2.24, 2.45) is 23.3 Å². The average Bonchev–Trinajstić information content (AvgIpc) is 4.04. The first kappa shape index (κ1) is 47.6. The van der Waals surface area contributed by atoms with Crippen LogP contribution in [0.3, 0.4) is 0 Å². The highest BCUT2D eigenvalue weighted by atomic mass is 19.1. The van der Waals surface area contributed by atoms with Gasteiger partial charge in [-0.3, -0.25) is 24.0 Å². The number of rotatable bonds is 13. The number of esters is 3. The van der Waals surface area contributed by atoms with Crippen molar-refractivity contribution in [2.45, 2.75) is 149 Å². The Morgan fingerprint density at radius 2 is 1.22 bits per heavy atom. The number of amides is 2. The summed E-state index contributed by atoms with van der Waals surface area (Å²) < 4.78 is 57.1. The fraction of sp³-hybridized carbons (Fsp3) is 0.562. The molecule has 352 valence electrons. The molecule has 4 aromatic rings. The largest absolute Gasteiger partial charge is 0.456 e. The van der Waals surface area contributed by atoms with Gasteiger partial charge in [0.25, 0.3) is 0 Å². The molecule has 3 saturated heterocycles. The first-order valence-electron chi connectivity index (χ1n) is 22.7. The Hall–Kier alpha value is -5.39. The van der Waals surface area contributed by atoms with Crippen LogP contribution >= 0.6 is 0 Å². The van der Waals surface area contributed by atoms with Gasteiger partial charge in [-0.1, -0.05) is 27.7 Å². The minimum atomic E-state index is -1.47. The lowest BCUT2D eigenvalue weighted by Gasteiger charge is -2.44. The molecule has 2 amide bonds. The van der Waals surface area contributed by atoms with E-state index in [1.807, 2.05) is 37.5 Å². The summed E-state index contributed by atoms with van der Waals surface area (Å²) in [6, 6.07) is 6.62. The number of benzene rings is 2. The second-order valence-corrected chi connectivity index (χ2v) is 18.6. The van der Waals surface area contributed by atoms with Gasteiger partial charge in [-0.25, -0.2) is 8.78 Å². The summed E-state index contributed by atoms with van der Waals surface area (Å²) >= 11 is 0. The number of ether oxygens (including phenoxy) is 4. The molecule has 1 unspecified atom stereocenters. The number of H-pyrrole nitrogens is 1. The summed E-state index contributed by atoms with van der Waals surface area (Å²) in [5.41, 5.74) is 16.0. The number of nitrogens with zero attached hydrogens (tertiary/aromatic N) is 3. The Balaban J connectivity index is 1.53. The Morgan fingerprint density at radius 3 is 1.75 bits per heavy atom. The quantitative estimate of drug-likeness (QED) is 0.108. The predicted molar refractivity (Wildman–Crippen MR) is 238 cm³/mol. The monoisotopic (exact) mass is 904 g/mol. The highest BCUT2D eigenvalue weighted by Gasteiger charge is 2.52. The van der Waals surface area contributed by atoms with E-state index >= 15 is 8.78 Å². The van der Waals surface area contributed by atoms with E-state index in [2.05, 4.69) is 4.98 Å². The van der Waals surface area contributed by atoms with E-state index in [1.165, 1.54) is 45.0 Å². The van der Waals surface area contributed by atoms with Gasteiger partial charge in [-0.05, 0) is 105 Å². The van der Waals surface area contributed by atoms with Gasteiger partial charge >= 0.3 is 17.9 Å². The third-order valence-corrected chi connectivity index (χ3v) is 13.3. The second kappa shape index (κ2) is 19.2. The molecule has 0 spiro atoms. The number of nitrogens with one attached hydrogen (secondary N) is 1. The van der Waals surface area contributed by atoms with Crippen molar-refractivity contribution in [3.8, 4) is 11.4 Å². The number of likely N-dealkylation sites (tertiary alicyclic amines) is 2. The van der Waals surface area contributed by atoms with Gasteiger partial charge < -0.3 is 49.8 Å². The van der Waals surface area contributed by atoms with E-state index in [9.17, 15) is 24.0 Å². The molecule has 9 atom stereocenters. The highest BCUT2D eigenvalue weighted by molar-refractivity contribution is 5.97. The summed E-state index contributed by atoms with van der Waals surface area (Å²) in [7, 11) is 0. The first-order chi connectivity index (χ1) is 30.8. The molecule has 0 radical (unpaired) electrons. The van der Waals surface area contributed by atoms with Crippen LogP contribution in [0.1, 0.15) is 98.4 Å². The maximum atomic E-state index is 15.9. The topological polar surface area (TPSA) is 202 Å². The van der Waals surface area contributed by atoms with Crippen LogP contribution in [0.2, 0.25) is 0 Å². The standard InChI is InChI=1S/C48H62F2N6O9/c1-23(2)39(51)46(60)54-17-9-11-31(54)21-35-33-15-13-29(49)19-37(33)53-41(35)42-36(22-32-12-10-18-55(32)47(61)40(52)24(3)4)34-16-14-30(50)20-38(34)56(42)48-45(65-28(8)59)44(64-27(7)58)43(25(5)62-48)63-26(6)57/h13-16,19-20,23-25,31-32,39-40,43-45,48,53H,9-12,17-18,21-22,51-52H2,1-8H3/t25-,31?,32-,39-,40-,43+,44+,45-,48-/m0/s1. The van der Waals surface area contributed by atoms with Crippen LogP contribution in [0.15, 0.2) is 36.4 Å². The number of carbonyl (C=O) groups excluding carboxylic acids is 5. The van der Waals surface area contributed by atoms with E-state index in [-0.39, 0.29) is 42.2 Å². The van der Waals surface area contributed by atoms with Crippen molar-refractivity contribution in [1.82, 2.24) is 19.4 Å². The van der Waals surface area contributed by atoms with E-state index < -0.39 is 72.3 Å². The highest BCUT2D eigenvalue weighted by Crippen LogP contribution is 2.46. The van der Waals surface area contributed by atoms with Crippen LogP contribution in [0.5, 0.6) is 0 Å². The molecular formula is C48H62F2N6O9. The molecular weight excluding hydrogens is 843 g/mol. The van der Waals surface area contributed by atoms with Crippen molar-refractivity contribution in [2.75, 3.05) is 13.1 Å². The van der Waals surface area contributed by atoms with E-state index in [0.29, 0.717) is 77.5 Å². The van der Waals surface area contributed by atoms with Crippen LogP contribution in [0.4, 0.5) is 8.78 Å².